The highest BCUT2D eigenvalue weighted by molar-refractivity contribution is 5.83. The van der Waals surface area contributed by atoms with Gasteiger partial charge in [0, 0.05) is 29.7 Å². The molecule has 4 heteroatoms. The second-order valence-corrected chi connectivity index (χ2v) is 6.42. The number of hydrogen-bond acceptors (Lipinski definition) is 3. The maximum absolute atomic E-state index is 10.6. The molecule has 1 aliphatic rings. The van der Waals surface area contributed by atoms with Gasteiger partial charge in [0.15, 0.2) is 0 Å². The van der Waals surface area contributed by atoms with Gasteiger partial charge in [0.25, 0.3) is 0 Å². The number of aromatic nitrogens is 3. The van der Waals surface area contributed by atoms with E-state index in [1.54, 1.807) is 12.4 Å². The molecule has 4 rings (SSSR count). The molecule has 0 amide bonds. The summed E-state index contributed by atoms with van der Waals surface area (Å²) in [5.74, 6) is 0. The summed E-state index contributed by atoms with van der Waals surface area (Å²) in [6.07, 6.45) is 9.49. The van der Waals surface area contributed by atoms with Crippen molar-refractivity contribution in [2.45, 2.75) is 45.3 Å². The molecule has 0 bridgehead atoms. The molecule has 4 nitrogen and oxygen atoms in total. The zero-order valence-electron chi connectivity index (χ0n) is 13.4. The Balaban J connectivity index is 1.80. The Morgan fingerprint density at radius 3 is 2.83 bits per heavy atom. The molecule has 1 aliphatic carbocycles. The summed E-state index contributed by atoms with van der Waals surface area (Å²) in [7, 11) is 0. The van der Waals surface area contributed by atoms with Gasteiger partial charge in [0.05, 0.1) is 12.6 Å². The number of fused-ring (bicyclic) bond motifs is 3. The number of rotatable bonds is 3. The van der Waals surface area contributed by atoms with E-state index in [2.05, 4.69) is 27.5 Å². The van der Waals surface area contributed by atoms with Crippen LogP contribution in [0.5, 0.6) is 0 Å². The Morgan fingerprint density at radius 1 is 1.22 bits per heavy atom. The van der Waals surface area contributed by atoms with E-state index in [0.29, 0.717) is 6.54 Å². The zero-order valence-corrected chi connectivity index (χ0v) is 13.4. The maximum Gasteiger partial charge on any atom is 0.140 e. The van der Waals surface area contributed by atoms with Crippen molar-refractivity contribution in [3.05, 3.63) is 59.2 Å². The molecule has 1 N–H and O–H groups in total. The summed E-state index contributed by atoms with van der Waals surface area (Å²) < 4.78 is 2.23. The van der Waals surface area contributed by atoms with E-state index in [1.165, 1.54) is 35.0 Å². The average Bonchev–Trinajstić information content (AvgIpc) is 2.89. The van der Waals surface area contributed by atoms with Crippen LogP contribution < -0.4 is 0 Å². The second kappa shape index (κ2) is 5.78. The van der Waals surface area contributed by atoms with Crippen molar-refractivity contribution in [1.29, 1.82) is 0 Å². The summed E-state index contributed by atoms with van der Waals surface area (Å²) in [5, 5.41) is 11.9. The van der Waals surface area contributed by atoms with Gasteiger partial charge >= 0.3 is 0 Å². The molecule has 3 aromatic rings. The molecule has 118 valence electrons. The first kappa shape index (κ1) is 14.4. The molecule has 1 unspecified atom stereocenters. The maximum atomic E-state index is 10.6. The summed E-state index contributed by atoms with van der Waals surface area (Å²) in [5.41, 5.74) is 5.90. The van der Waals surface area contributed by atoms with E-state index in [9.17, 15) is 5.11 Å². The Morgan fingerprint density at radius 2 is 2.00 bits per heavy atom. The van der Waals surface area contributed by atoms with Crippen molar-refractivity contribution in [1.82, 2.24) is 14.5 Å². The monoisotopic (exact) mass is 307 g/mol. The molecule has 0 aliphatic heterocycles. The number of hydrogen-bond donors (Lipinski definition) is 1. The van der Waals surface area contributed by atoms with Crippen LogP contribution in [-0.2, 0) is 19.4 Å². The van der Waals surface area contributed by atoms with Crippen molar-refractivity contribution in [2.24, 2.45) is 0 Å². The van der Waals surface area contributed by atoms with Gasteiger partial charge in [0.2, 0.25) is 0 Å². The third-order valence-electron chi connectivity index (χ3n) is 4.80. The van der Waals surface area contributed by atoms with Crippen molar-refractivity contribution in [3.8, 4) is 0 Å². The molecule has 0 saturated carbocycles. The molecular weight excluding hydrogens is 286 g/mol. The molecule has 3 aromatic heterocycles. The number of aliphatic hydroxyl groups excluding tert-OH is 1. The van der Waals surface area contributed by atoms with Crippen molar-refractivity contribution >= 4 is 11.0 Å². The second-order valence-electron chi connectivity index (χ2n) is 6.42. The number of aryl methyl sites for hydroxylation is 2. The molecular formula is C19H21N3O. The van der Waals surface area contributed by atoms with Crippen LogP contribution in [0.3, 0.4) is 0 Å². The highest BCUT2D eigenvalue weighted by Crippen LogP contribution is 2.33. The third kappa shape index (κ3) is 2.53. The highest BCUT2D eigenvalue weighted by Gasteiger charge is 2.22. The molecule has 0 saturated heterocycles. The first-order chi connectivity index (χ1) is 11.2. The van der Waals surface area contributed by atoms with Crippen LogP contribution >= 0.6 is 0 Å². The first-order valence-corrected chi connectivity index (χ1v) is 8.28. The largest absolute Gasteiger partial charge is 0.387 e. The molecule has 1 atom stereocenters. The normalized spacial score (nSPS) is 15.6. The number of nitrogens with zero attached hydrogens (tertiary/aromatic N) is 3. The summed E-state index contributed by atoms with van der Waals surface area (Å²) in [4.78, 5) is 8.70. The van der Waals surface area contributed by atoms with Crippen LogP contribution in [-0.4, -0.2) is 19.6 Å². The fourth-order valence-electron chi connectivity index (χ4n) is 3.66. The van der Waals surface area contributed by atoms with Crippen molar-refractivity contribution < 1.29 is 5.11 Å². The summed E-state index contributed by atoms with van der Waals surface area (Å²) in [6, 6.07) is 5.99. The predicted octanol–water partition coefficient (Wildman–Crippen LogP) is 3.35. The van der Waals surface area contributed by atoms with Gasteiger partial charge in [-0.2, -0.15) is 0 Å². The van der Waals surface area contributed by atoms with Gasteiger partial charge < -0.3 is 9.67 Å². The number of aliphatic hydroxyl groups is 1. The summed E-state index contributed by atoms with van der Waals surface area (Å²) in [6.45, 7) is 2.64. The minimum atomic E-state index is -0.539. The quantitative estimate of drug-likeness (QED) is 0.807. The van der Waals surface area contributed by atoms with Crippen LogP contribution in [0.15, 0.2) is 36.8 Å². The van der Waals surface area contributed by atoms with Gasteiger partial charge in [-0.1, -0.05) is 0 Å². The predicted molar refractivity (Wildman–Crippen MR) is 90.3 cm³/mol. The smallest absolute Gasteiger partial charge is 0.140 e. The Kier molecular flexibility index (Phi) is 3.62. The van der Waals surface area contributed by atoms with E-state index in [-0.39, 0.29) is 0 Å². The van der Waals surface area contributed by atoms with Gasteiger partial charge in [-0.15, -0.1) is 0 Å². The minimum absolute atomic E-state index is 0.539. The Bertz CT molecular complexity index is 839. The third-order valence-corrected chi connectivity index (χ3v) is 4.80. The van der Waals surface area contributed by atoms with Crippen LogP contribution in [0.1, 0.15) is 41.3 Å². The lowest BCUT2D eigenvalue weighted by Gasteiger charge is -2.18. The minimum Gasteiger partial charge on any atom is -0.387 e. The molecule has 0 fully saturated rings. The highest BCUT2D eigenvalue weighted by atomic mass is 16.3. The van der Waals surface area contributed by atoms with Gasteiger partial charge in [0.1, 0.15) is 5.65 Å². The molecule has 0 aromatic carbocycles. The van der Waals surface area contributed by atoms with E-state index >= 15 is 0 Å². The number of pyridine rings is 2. The fraction of sp³-hybridized carbons (Fsp3) is 0.368. The van der Waals surface area contributed by atoms with Gasteiger partial charge in [-0.3, -0.25) is 4.98 Å². The topological polar surface area (TPSA) is 50.9 Å². The lowest BCUT2D eigenvalue weighted by molar-refractivity contribution is 0.156. The van der Waals surface area contributed by atoms with Crippen molar-refractivity contribution in [3.63, 3.8) is 0 Å². The Labute approximate surface area is 135 Å². The van der Waals surface area contributed by atoms with Crippen LogP contribution in [0.2, 0.25) is 0 Å². The molecule has 0 spiro atoms. The fourth-order valence-corrected chi connectivity index (χ4v) is 3.66. The Hall–Kier alpha value is -2.20. The SMILES string of the molecule is Cc1cnc2c(c1)c1c(n2CC(O)c2ccncc2)CCCC1. The van der Waals surface area contributed by atoms with E-state index < -0.39 is 6.10 Å². The van der Waals surface area contributed by atoms with Crippen LogP contribution in [0.25, 0.3) is 11.0 Å². The van der Waals surface area contributed by atoms with E-state index in [4.69, 9.17) is 0 Å². The zero-order chi connectivity index (χ0) is 15.8. The average molecular weight is 307 g/mol. The molecule has 3 heterocycles. The van der Waals surface area contributed by atoms with Crippen LogP contribution in [0, 0.1) is 6.92 Å². The van der Waals surface area contributed by atoms with Gasteiger partial charge in [-0.05, 0) is 67.5 Å². The lowest BCUT2D eigenvalue weighted by Crippen LogP contribution is -2.14. The first-order valence-electron chi connectivity index (χ1n) is 8.28. The van der Waals surface area contributed by atoms with Crippen molar-refractivity contribution in [2.75, 3.05) is 0 Å². The van der Waals surface area contributed by atoms with Crippen LogP contribution in [0.4, 0.5) is 0 Å². The molecule has 23 heavy (non-hydrogen) atoms. The van der Waals surface area contributed by atoms with Gasteiger partial charge in [-0.25, -0.2) is 4.98 Å². The van der Waals surface area contributed by atoms with E-state index in [0.717, 1.165) is 24.1 Å². The standard InChI is InChI=1S/C19H21N3O/c1-13-10-16-15-4-2-3-5-17(15)22(19(16)21-11-13)12-18(23)14-6-8-20-9-7-14/h6-11,18,23H,2-5,12H2,1H3. The molecule has 0 radical (unpaired) electrons. The lowest BCUT2D eigenvalue weighted by atomic mass is 9.95. The summed E-state index contributed by atoms with van der Waals surface area (Å²) >= 11 is 0. The van der Waals surface area contributed by atoms with E-state index in [1.807, 2.05) is 18.3 Å².